The highest BCUT2D eigenvalue weighted by Gasteiger charge is 2.67. The number of phenols is 1. The van der Waals surface area contributed by atoms with Crippen molar-refractivity contribution < 1.29 is 38.2 Å². The van der Waals surface area contributed by atoms with Crippen molar-refractivity contribution in [3.8, 4) is 11.5 Å². The summed E-state index contributed by atoms with van der Waals surface area (Å²) >= 11 is 6.11. The number of rotatable bonds is 7. The third-order valence-corrected chi connectivity index (χ3v) is 11.8. The second-order valence-electron chi connectivity index (χ2n) is 14.2. The molecule has 53 heavy (non-hydrogen) atoms. The molecule has 9 nitrogen and oxygen atoms in total. The van der Waals surface area contributed by atoms with Crippen LogP contribution in [0.15, 0.2) is 103 Å². The van der Waals surface area contributed by atoms with Crippen LogP contribution in [0, 0.1) is 34.9 Å². The van der Waals surface area contributed by atoms with Gasteiger partial charge < -0.3 is 9.84 Å². The van der Waals surface area contributed by atoms with E-state index in [2.05, 4.69) is 0 Å². The smallest absolute Gasteiger partial charge is 0.241 e. The number of fused-ring (bicyclic) bond motifs is 4. The van der Waals surface area contributed by atoms with Crippen LogP contribution in [0.1, 0.15) is 54.1 Å². The number of phenolic OH excluding ortho intramolecular Hbond substituents is 1. The largest absolute Gasteiger partial charge is 0.504 e. The number of ether oxygens (including phenoxy) is 1. The molecule has 11 heteroatoms. The fourth-order valence-corrected chi connectivity index (χ4v) is 9.19. The van der Waals surface area contributed by atoms with E-state index in [0.717, 1.165) is 16.5 Å². The molecule has 0 unspecified atom stereocenters. The van der Waals surface area contributed by atoms with Crippen molar-refractivity contribution in [1.82, 2.24) is 0 Å². The van der Waals surface area contributed by atoms with E-state index in [1.165, 1.54) is 23.1 Å². The number of carbonyl (C=O) groups excluding carboxylic acids is 5. The van der Waals surface area contributed by atoms with E-state index in [1.54, 1.807) is 74.5 Å². The molecule has 4 aliphatic rings. The van der Waals surface area contributed by atoms with Gasteiger partial charge in [-0.25, -0.2) is 9.29 Å². The fourth-order valence-electron chi connectivity index (χ4n) is 9.02. The van der Waals surface area contributed by atoms with Crippen LogP contribution in [-0.4, -0.2) is 41.1 Å². The van der Waals surface area contributed by atoms with Crippen LogP contribution in [0.25, 0.3) is 0 Å². The van der Waals surface area contributed by atoms with E-state index in [4.69, 9.17) is 16.3 Å². The van der Waals surface area contributed by atoms with Crippen LogP contribution in [-0.2, 0) is 19.2 Å². The lowest BCUT2D eigenvalue weighted by atomic mass is 9.51. The quantitative estimate of drug-likeness (QED) is 0.121. The van der Waals surface area contributed by atoms with Gasteiger partial charge in [0, 0.05) is 17.0 Å². The van der Waals surface area contributed by atoms with Crippen molar-refractivity contribution in [2.24, 2.45) is 29.1 Å². The lowest BCUT2D eigenvalue weighted by molar-refractivity contribution is -0.131. The minimum absolute atomic E-state index is 0.0950. The molecule has 8 rings (SSSR count). The number of ketones is 1. The Bertz CT molecular complexity index is 2260. The zero-order valence-corrected chi connectivity index (χ0v) is 29.5. The molecule has 0 bridgehead atoms. The van der Waals surface area contributed by atoms with Crippen molar-refractivity contribution in [1.29, 1.82) is 0 Å². The number of imide groups is 2. The van der Waals surface area contributed by atoms with E-state index in [0.29, 0.717) is 22.4 Å². The molecule has 1 N–H and O–H groups in total. The number of halogens is 2. The number of nitrogens with zero attached hydrogens (tertiary/aromatic N) is 2. The lowest BCUT2D eigenvalue weighted by Gasteiger charge is -2.49. The molecule has 2 aliphatic heterocycles. The predicted octanol–water partition coefficient (Wildman–Crippen LogP) is 7.25. The number of amides is 4. The second kappa shape index (κ2) is 12.8. The average molecular weight is 733 g/mol. The first-order valence-electron chi connectivity index (χ1n) is 17.5. The summed E-state index contributed by atoms with van der Waals surface area (Å²) < 4.78 is 19.9. The first-order valence-corrected chi connectivity index (χ1v) is 17.9. The molecule has 3 fully saturated rings. The Labute approximate surface area is 309 Å². The summed E-state index contributed by atoms with van der Waals surface area (Å²) in [6.45, 7) is 3.77. The Balaban J connectivity index is 1.19. The summed E-state index contributed by atoms with van der Waals surface area (Å²) in [7, 11) is 0. The minimum atomic E-state index is -1.36. The van der Waals surface area contributed by atoms with Crippen molar-refractivity contribution in [2.75, 3.05) is 16.4 Å². The van der Waals surface area contributed by atoms with E-state index >= 15 is 0 Å². The first-order chi connectivity index (χ1) is 25.4. The number of allylic oxidation sites excluding steroid dienone is 2. The maximum Gasteiger partial charge on any atom is 0.241 e. The number of benzene rings is 4. The number of carbonyl (C=O) groups is 5. The van der Waals surface area contributed by atoms with Crippen LogP contribution in [0.3, 0.4) is 0 Å². The molecule has 4 aromatic carbocycles. The van der Waals surface area contributed by atoms with Gasteiger partial charge in [-0.1, -0.05) is 59.6 Å². The molecule has 268 valence electrons. The highest BCUT2D eigenvalue weighted by atomic mass is 35.5. The van der Waals surface area contributed by atoms with Crippen LogP contribution in [0.4, 0.5) is 15.8 Å². The first kappa shape index (κ1) is 34.5. The van der Waals surface area contributed by atoms with Gasteiger partial charge in [0.1, 0.15) is 5.82 Å². The van der Waals surface area contributed by atoms with Crippen LogP contribution in [0.2, 0.25) is 5.02 Å². The summed E-state index contributed by atoms with van der Waals surface area (Å²) in [4.78, 5) is 72.9. The maximum absolute atomic E-state index is 14.7. The van der Waals surface area contributed by atoms with Crippen LogP contribution >= 0.6 is 11.6 Å². The van der Waals surface area contributed by atoms with Gasteiger partial charge in [-0.3, -0.25) is 28.9 Å². The van der Waals surface area contributed by atoms with Gasteiger partial charge in [-0.05, 0) is 92.8 Å². The molecule has 2 aliphatic carbocycles. The summed E-state index contributed by atoms with van der Waals surface area (Å²) in [5.41, 5.74) is 1.38. The minimum Gasteiger partial charge on any atom is -0.504 e. The molecule has 4 amide bonds. The van der Waals surface area contributed by atoms with Gasteiger partial charge in [-0.15, -0.1) is 0 Å². The van der Waals surface area contributed by atoms with Crippen molar-refractivity contribution >= 4 is 52.4 Å². The molecule has 1 saturated carbocycles. The molecule has 6 atom stereocenters. The monoisotopic (exact) mass is 732 g/mol. The van der Waals surface area contributed by atoms with Crippen molar-refractivity contribution in [3.63, 3.8) is 0 Å². The van der Waals surface area contributed by atoms with Crippen molar-refractivity contribution in [3.05, 3.63) is 130 Å². The summed E-state index contributed by atoms with van der Waals surface area (Å²) in [5.74, 6) is -6.37. The Morgan fingerprint density at radius 1 is 0.868 bits per heavy atom. The summed E-state index contributed by atoms with van der Waals surface area (Å²) in [6, 6.07) is 23.7. The second-order valence-corrected chi connectivity index (χ2v) is 14.6. The lowest BCUT2D eigenvalue weighted by Crippen LogP contribution is -2.48. The highest BCUT2D eigenvalue weighted by Crippen LogP contribution is 2.64. The predicted molar refractivity (Wildman–Crippen MR) is 194 cm³/mol. The van der Waals surface area contributed by atoms with E-state index < -0.39 is 58.5 Å². The molecule has 4 aromatic rings. The number of aromatic hydroxyl groups is 1. The van der Waals surface area contributed by atoms with Gasteiger partial charge in [0.25, 0.3) is 0 Å². The van der Waals surface area contributed by atoms with E-state index in [9.17, 15) is 33.5 Å². The van der Waals surface area contributed by atoms with Crippen molar-refractivity contribution in [2.45, 2.75) is 32.6 Å². The molecule has 0 aromatic heterocycles. The fraction of sp³-hybridized carbons (Fsp3) is 0.262. The number of anilines is 2. The Kier molecular flexibility index (Phi) is 8.33. The van der Waals surface area contributed by atoms with Gasteiger partial charge >= 0.3 is 0 Å². The maximum atomic E-state index is 14.7. The normalized spacial score (nSPS) is 26.3. The zero-order chi connectivity index (χ0) is 37.3. The zero-order valence-electron chi connectivity index (χ0n) is 28.8. The molecule has 2 heterocycles. The SMILES string of the molecule is CCOc1cc([C@H]2C3=CC[C@@H]4C(=O)N(c5ccc(C(=O)c6ccccc6)cc5)C(=O)[C@@H]4[C@@H]3C[C@H]3C(=O)N(c4ccc(F)c(Cl)c4)C(=O)[C@@]23C)ccc1O. The van der Waals surface area contributed by atoms with Gasteiger partial charge in [0.05, 0.1) is 46.2 Å². The van der Waals surface area contributed by atoms with E-state index in [1.807, 2.05) is 12.1 Å². The Morgan fingerprint density at radius 3 is 2.26 bits per heavy atom. The average Bonchev–Trinajstić information content (AvgIpc) is 3.53. The summed E-state index contributed by atoms with van der Waals surface area (Å²) in [6.07, 6.45) is 2.27. The molecular formula is C42H34ClFN2O7. The Hall–Kier alpha value is -5.61. The van der Waals surface area contributed by atoms with Gasteiger partial charge in [-0.2, -0.15) is 0 Å². The van der Waals surface area contributed by atoms with Gasteiger partial charge in [0.2, 0.25) is 23.6 Å². The third kappa shape index (κ3) is 5.22. The molecule has 0 radical (unpaired) electrons. The highest BCUT2D eigenvalue weighted by molar-refractivity contribution is 6.32. The third-order valence-electron chi connectivity index (χ3n) is 11.5. The van der Waals surface area contributed by atoms with E-state index in [-0.39, 0.29) is 53.3 Å². The van der Waals surface area contributed by atoms with Crippen LogP contribution < -0.4 is 14.5 Å². The Morgan fingerprint density at radius 2 is 1.57 bits per heavy atom. The van der Waals surface area contributed by atoms with Gasteiger partial charge in [0.15, 0.2) is 17.3 Å². The molecular weight excluding hydrogens is 699 g/mol. The molecule has 2 saturated heterocycles. The number of hydrogen-bond donors (Lipinski definition) is 1. The number of hydrogen-bond acceptors (Lipinski definition) is 7. The summed E-state index contributed by atoms with van der Waals surface area (Å²) in [5, 5.41) is 10.3. The topological polar surface area (TPSA) is 121 Å². The standard InChI is InChI=1S/C42H34ClFN2O7/c1-3-53-34-19-24(11-18-33(34)47)36-27-15-16-28-35(29(27)21-30-39(50)46(41(52)42(30,36)2)26-14-17-32(44)31(43)20-26)40(51)45(38(28)49)25-12-9-23(10-13-25)37(48)22-7-5-4-6-8-22/h4-15,17-20,28-30,35-36,47H,3,16,21H2,1-2H3/t28-,29+,30-,35-,36-,42+/m0/s1. The molecule has 0 spiro atoms. The van der Waals surface area contributed by atoms with Crippen LogP contribution in [0.5, 0.6) is 11.5 Å².